The number of nitrogens with one attached hydrogen (secondary N) is 1. The number of aromatic carboxylic acids is 1. The molecule has 2 N–H and O–H groups in total. The Morgan fingerprint density at radius 2 is 2.39 bits per heavy atom. The van der Waals surface area contributed by atoms with Crippen LogP contribution in [0.1, 0.15) is 49.4 Å². The highest BCUT2D eigenvalue weighted by Crippen LogP contribution is 2.28. The molecule has 4 heteroatoms. The van der Waals surface area contributed by atoms with Crippen molar-refractivity contribution in [2.75, 3.05) is 5.32 Å². The number of aromatic nitrogens is 1. The smallest absolute Gasteiger partial charge is 0.335 e. The van der Waals surface area contributed by atoms with Crippen LogP contribution in [0.25, 0.3) is 0 Å². The summed E-state index contributed by atoms with van der Waals surface area (Å²) in [5.41, 5.74) is 0.287. The Hall–Kier alpha value is -1.58. The summed E-state index contributed by atoms with van der Waals surface area (Å²) >= 11 is 0. The Morgan fingerprint density at radius 3 is 3.11 bits per heavy atom. The van der Waals surface area contributed by atoms with Gasteiger partial charge in [0.2, 0.25) is 0 Å². The van der Waals surface area contributed by atoms with E-state index in [2.05, 4.69) is 17.2 Å². The van der Waals surface area contributed by atoms with Crippen LogP contribution in [0.15, 0.2) is 18.3 Å². The van der Waals surface area contributed by atoms with E-state index in [1.54, 1.807) is 12.3 Å². The van der Waals surface area contributed by atoms with Crippen LogP contribution < -0.4 is 5.32 Å². The van der Waals surface area contributed by atoms with Gasteiger partial charge in [0.25, 0.3) is 0 Å². The van der Waals surface area contributed by atoms with Gasteiger partial charge in [0.1, 0.15) is 5.82 Å². The standard InChI is InChI=1S/C14H20N2O2/c1-2-10-4-3-5-12(8-10)16-13-9-11(14(17)18)6-7-15-13/h6-7,9-10,12H,2-5,8H2,1H3,(H,15,16)(H,17,18). The molecule has 1 aliphatic rings. The fourth-order valence-electron chi connectivity index (χ4n) is 2.64. The molecule has 2 atom stereocenters. The lowest BCUT2D eigenvalue weighted by atomic mass is 9.84. The van der Waals surface area contributed by atoms with E-state index >= 15 is 0 Å². The molecule has 2 rings (SSSR count). The molecule has 4 nitrogen and oxygen atoms in total. The van der Waals surface area contributed by atoms with Gasteiger partial charge in [-0.05, 0) is 30.9 Å². The van der Waals surface area contributed by atoms with E-state index in [1.165, 1.54) is 25.3 Å². The Morgan fingerprint density at radius 1 is 1.56 bits per heavy atom. The zero-order valence-electron chi connectivity index (χ0n) is 10.7. The van der Waals surface area contributed by atoms with Gasteiger partial charge >= 0.3 is 5.97 Å². The van der Waals surface area contributed by atoms with E-state index in [9.17, 15) is 4.79 Å². The molecule has 0 saturated heterocycles. The third-order valence-corrected chi connectivity index (χ3v) is 3.72. The van der Waals surface area contributed by atoms with E-state index < -0.39 is 5.97 Å². The summed E-state index contributed by atoms with van der Waals surface area (Å²) in [5, 5.41) is 12.3. The fourth-order valence-corrected chi connectivity index (χ4v) is 2.64. The molecule has 1 saturated carbocycles. The number of carboxylic acids is 1. The zero-order chi connectivity index (χ0) is 13.0. The lowest BCUT2D eigenvalue weighted by Crippen LogP contribution is -2.27. The van der Waals surface area contributed by atoms with E-state index in [-0.39, 0.29) is 5.56 Å². The van der Waals surface area contributed by atoms with E-state index in [0.29, 0.717) is 11.9 Å². The molecule has 0 amide bonds. The molecular weight excluding hydrogens is 228 g/mol. The number of carbonyl (C=O) groups is 1. The number of carboxylic acid groups (broad SMARTS) is 1. The van der Waals surface area contributed by atoms with Gasteiger partial charge in [-0.15, -0.1) is 0 Å². The van der Waals surface area contributed by atoms with Crippen LogP contribution in [0.5, 0.6) is 0 Å². The summed E-state index contributed by atoms with van der Waals surface area (Å²) in [5.74, 6) is 0.561. The van der Waals surface area contributed by atoms with Gasteiger partial charge in [0, 0.05) is 12.2 Å². The average molecular weight is 248 g/mol. The van der Waals surface area contributed by atoms with Crippen molar-refractivity contribution in [3.8, 4) is 0 Å². The summed E-state index contributed by atoms with van der Waals surface area (Å²) in [6.07, 6.45) is 7.64. The molecule has 0 aromatic carbocycles. The minimum Gasteiger partial charge on any atom is -0.478 e. The maximum Gasteiger partial charge on any atom is 0.335 e. The first-order valence-corrected chi connectivity index (χ1v) is 6.65. The molecule has 0 radical (unpaired) electrons. The second-order valence-electron chi connectivity index (χ2n) is 5.02. The largest absolute Gasteiger partial charge is 0.478 e. The third-order valence-electron chi connectivity index (χ3n) is 3.72. The van der Waals surface area contributed by atoms with Crippen molar-refractivity contribution in [1.29, 1.82) is 0 Å². The summed E-state index contributed by atoms with van der Waals surface area (Å²) < 4.78 is 0. The second-order valence-corrected chi connectivity index (χ2v) is 5.02. The van der Waals surface area contributed by atoms with Crippen LogP contribution >= 0.6 is 0 Å². The normalized spacial score (nSPS) is 23.6. The molecule has 0 bridgehead atoms. The first-order chi connectivity index (χ1) is 8.69. The highest BCUT2D eigenvalue weighted by Gasteiger charge is 2.20. The van der Waals surface area contributed by atoms with Gasteiger partial charge in [-0.2, -0.15) is 0 Å². The first-order valence-electron chi connectivity index (χ1n) is 6.65. The van der Waals surface area contributed by atoms with Crippen molar-refractivity contribution >= 4 is 11.8 Å². The predicted octanol–water partition coefficient (Wildman–Crippen LogP) is 3.16. The van der Waals surface area contributed by atoms with Crippen LogP contribution in [0.4, 0.5) is 5.82 Å². The third kappa shape index (κ3) is 3.22. The van der Waals surface area contributed by atoms with Crippen LogP contribution in [-0.2, 0) is 0 Å². The lowest BCUT2D eigenvalue weighted by molar-refractivity contribution is 0.0697. The molecule has 1 aromatic rings. The van der Waals surface area contributed by atoms with Crippen molar-refractivity contribution in [1.82, 2.24) is 4.98 Å². The van der Waals surface area contributed by atoms with Crippen LogP contribution in [0.2, 0.25) is 0 Å². The molecule has 18 heavy (non-hydrogen) atoms. The molecular formula is C14H20N2O2. The van der Waals surface area contributed by atoms with E-state index in [0.717, 1.165) is 18.8 Å². The minimum absolute atomic E-state index is 0.287. The van der Waals surface area contributed by atoms with Gasteiger partial charge in [-0.1, -0.05) is 26.2 Å². The van der Waals surface area contributed by atoms with Crippen molar-refractivity contribution in [3.05, 3.63) is 23.9 Å². The number of pyridine rings is 1. The quantitative estimate of drug-likeness (QED) is 0.859. The maximum absolute atomic E-state index is 10.9. The van der Waals surface area contributed by atoms with Crippen LogP contribution in [0, 0.1) is 5.92 Å². The monoisotopic (exact) mass is 248 g/mol. The van der Waals surface area contributed by atoms with Crippen LogP contribution in [0.3, 0.4) is 0 Å². The summed E-state index contributed by atoms with van der Waals surface area (Å²) in [6, 6.07) is 3.56. The summed E-state index contributed by atoms with van der Waals surface area (Å²) in [6.45, 7) is 2.23. The summed E-state index contributed by atoms with van der Waals surface area (Å²) in [7, 11) is 0. The molecule has 1 aliphatic carbocycles. The number of anilines is 1. The summed E-state index contributed by atoms with van der Waals surface area (Å²) in [4.78, 5) is 15.1. The molecule has 1 fully saturated rings. The molecule has 1 aromatic heterocycles. The molecule has 98 valence electrons. The Balaban J connectivity index is 2.00. The Bertz CT molecular complexity index is 420. The Labute approximate surface area is 107 Å². The fraction of sp³-hybridized carbons (Fsp3) is 0.571. The highest BCUT2D eigenvalue weighted by molar-refractivity contribution is 5.88. The van der Waals surface area contributed by atoms with Crippen molar-refractivity contribution in [2.45, 2.75) is 45.1 Å². The zero-order valence-corrected chi connectivity index (χ0v) is 10.7. The van der Waals surface area contributed by atoms with Crippen LogP contribution in [-0.4, -0.2) is 22.1 Å². The van der Waals surface area contributed by atoms with Gasteiger partial charge in [-0.25, -0.2) is 9.78 Å². The van der Waals surface area contributed by atoms with Crippen molar-refractivity contribution in [3.63, 3.8) is 0 Å². The van der Waals surface area contributed by atoms with E-state index in [1.807, 2.05) is 0 Å². The number of rotatable bonds is 4. The molecule has 1 heterocycles. The molecule has 2 unspecified atom stereocenters. The van der Waals surface area contributed by atoms with Crippen molar-refractivity contribution in [2.24, 2.45) is 5.92 Å². The minimum atomic E-state index is -0.907. The predicted molar refractivity (Wildman–Crippen MR) is 70.9 cm³/mol. The van der Waals surface area contributed by atoms with E-state index in [4.69, 9.17) is 5.11 Å². The highest BCUT2D eigenvalue weighted by atomic mass is 16.4. The van der Waals surface area contributed by atoms with Gasteiger partial charge < -0.3 is 10.4 Å². The molecule has 0 spiro atoms. The SMILES string of the molecule is CCC1CCCC(Nc2cc(C(=O)O)ccn2)C1. The van der Waals surface area contributed by atoms with Crippen molar-refractivity contribution < 1.29 is 9.90 Å². The van der Waals surface area contributed by atoms with Gasteiger partial charge in [0.05, 0.1) is 5.56 Å². The van der Waals surface area contributed by atoms with Gasteiger partial charge in [-0.3, -0.25) is 0 Å². The Kier molecular flexibility index (Phi) is 4.18. The topological polar surface area (TPSA) is 62.2 Å². The average Bonchev–Trinajstić information content (AvgIpc) is 2.39. The second kappa shape index (κ2) is 5.85. The number of nitrogens with zero attached hydrogens (tertiary/aromatic N) is 1. The lowest BCUT2D eigenvalue weighted by Gasteiger charge is -2.29. The first kappa shape index (κ1) is 12.9. The number of hydrogen-bond donors (Lipinski definition) is 2. The molecule has 0 aliphatic heterocycles. The number of hydrogen-bond acceptors (Lipinski definition) is 3. The van der Waals surface area contributed by atoms with Gasteiger partial charge in [0.15, 0.2) is 0 Å². The maximum atomic E-state index is 10.9.